The van der Waals surface area contributed by atoms with E-state index in [-0.39, 0.29) is 12.4 Å². The highest BCUT2D eigenvalue weighted by Gasteiger charge is 2.38. The van der Waals surface area contributed by atoms with Crippen molar-refractivity contribution >= 4 is 16.0 Å². The monoisotopic (exact) mass is 274 g/mol. The Bertz CT molecular complexity index is 394. The van der Waals surface area contributed by atoms with E-state index in [1.807, 2.05) is 0 Å². The molecule has 0 aromatic rings. The second-order valence-corrected chi connectivity index (χ2v) is 5.37. The predicted octanol–water partition coefficient (Wildman–Crippen LogP) is -0.217. The lowest BCUT2D eigenvalue weighted by molar-refractivity contribution is -0.121. The van der Waals surface area contributed by atoms with E-state index >= 15 is 0 Å². The zero-order valence-corrected chi connectivity index (χ0v) is 9.61. The molecule has 0 aliphatic carbocycles. The first-order valence-corrected chi connectivity index (χ1v) is 6.24. The summed E-state index contributed by atoms with van der Waals surface area (Å²) in [7, 11) is -4.24. The molecule has 0 radical (unpaired) electrons. The Hall–Kier alpha value is -0.870. The van der Waals surface area contributed by atoms with Crippen molar-refractivity contribution in [1.82, 2.24) is 9.03 Å². The summed E-state index contributed by atoms with van der Waals surface area (Å²) in [6.07, 6.45) is -3.79. The fourth-order valence-electron chi connectivity index (χ4n) is 1.59. The Labute approximate surface area is 96.7 Å². The molecule has 100 valence electrons. The fourth-order valence-corrected chi connectivity index (χ4v) is 3.03. The van der Waals surface area contributed by atoms with Gasteiger partial charge in [-0.05, 0) is 12.8 Å². The number of rotatable bonds is 4. The van der Waals surface area contributed by atoms with Gasteiger partial charge >= 0.3 is 6.18 Å². The molecule has 1 atom stereocenters. The third kappa shape index (κ3) is 3.82. The van der Waals surface area contributed by atoms with Gasteiger partial charge in [0.1, 0.15) is 12.4 Å². The number of halogens is 3. The van der Waals surface area contributed by atoms with Crippen LogP contribution in [0.2, 0.25) is 0 Å². The third-order valence-electron chi connectivity index (χ3n) is 2.33. The van der Waals surface area contributed by atoms with Gasteiger partial charge in [-0.1, -0.05) is 0 Å². The average Bonchev–Trinajstić information content (AvgIpc) is 2.62. The summed E-state index contributed by atoms with van der Waals surface area (Å²) in [6.45, 7) is -1.56. The molecule has 0 amide bonds. The molecule has 0 saturated carbocycles. The van der Waals surface area contributed by atoms with E-state index < -0.39 is 29.0 Å². The summed E-state index contributed by atoms with van der Waals surface area (Å²) in [5, 5.41) is 7.18. The molecular formula is C7H13F3N4O2S. The maximum atomic E-state index is 11.9. The first-order chi connectivity index (χ1) is 7.63. The summed E-state index contributed by atoms with van der Waals surface area (Å²) in [6, 6.07) is -0.847. The van der Waals surface area contributed by atoms with Gasteiger partial charge in [0.25, 0.3) is 10.2 Å². The van der Waals surface area contributed by atoms with Crippen molar-refractivity contribution in [3.05, 3.63) is 0 Å². The fraction of sp³-hybridized carbons (Fsp3) is 0.857. The van der Waals surface area contributed by atoms with Crippen LogP contribution in [-0.4, -0.2) is 43.9 Å². The van der Waals surface area contributed by atoms with Crippen LogP contribution in [0.1, 0.15) is 12.8 Å². The second kappa shape index (κ2) is 4.78. The molecule has 0 aromatic carbocycles. The van der Waals surface area contributed by atoms with Gasteiger partial charge in [-0.3, -0.25) is 5.41 Å². The van der Waals surface area contributed by atoms with Crippen LogP contribution >= 0.6 is 0 Å². The minimum atomic E-state index is -4.61. The van der Waals surface area contributed by atoms with Gasteiger partial charge in [0.05, 0.1) is 6.04 Å². The summed E-state index contributed by atoms with van der Waals surface area (Å²) < 4.78 is 61.1. The molecule has 10 heteroatoms. The number of hydrogen-bond acceptors (Lipinski definition) is 3. The van der Waals surface area contributed by atoms with Crippen LogP contribution in [0.3, 0.4) is 0 Å². The molecule has 6 nitrogen and oxygen atoms in total. The minimum Gasteiger partial charge on any atom is -0.386 e. The summed E-state index contributed by atoms with van der Waals surface area (Å²) >= 11 is 0. The predicted molar refractivity (Wildman–Crippen MR) is 54.6 cm³/mol. The maximum Gasteiger partial charge on any atom is 0.402 e. The molecule has 0 spiro atoms. The lowest BCUT2D eigenvalue weighted by Gasteiger charge is -2.23. The minimum absolute atomic E-state index is 0.0669. The van der Waals surface area contributed by atoms with E-state index in [1.165, 1.54) is 4.72 Å². The molecule has 1 heterocycles. The van der Waals surface area contributed by atoms with Crippen LogP contribution in [0.15, 0.2) is 0 Å². The van der Waals surface area contributed by atoms with Gasteiger partial charge in [-0.2, -0.15) is 30.6 Å². The Morgan fingerprint density at radius 2 is 2.12 bits per heavy atom. The Morgan fingerprint density at radius 1 is 1.53 bits per heavy atom. The molecule has 0 aromatic heterocycles. The normalized spacial score (nSPS) is 22.9. The van der Waals surface area contributed by atoms with Crippen molar-refractivity contribution in [3.63, 3.8) is 0 Å². The van der Waals surface area contributed by atoms with Crippen molar-refractivity contribution in [2.24, 2.45) is 5.73 Å². The van der Waals surface area contributed by atoms with Crippen molar-refractivity contribution in [3.8, 4) is 0 Å². The largest absolute Gasteiger partial charge is 0.402 e. The molecular weight excluding hydrogens is 261 g/mol. The molecule has 1 fully saturated rings. The Morgan fingerprint density at radius 3 is 2.59 bits per heavy atom. The van der Waals surface area contributed by atoms with Gasteiger partial charge in [0, 0.05) is 6.54 Å². The van der Waals surface area contributed by atoms with Crippen LogP contribution in [0.5, 0.6) is 0 Å². The third-order valence-corrected chi connectivity index (χ3v) is 3.89. The molecule has 0 bridgehead atoms. The first kappa shape index (κ1) is 14.2. The molecule has 1 unspecified atom stereocenters. The molecule has 1 rings (SSSR count). The van der Waals surface area contributed by atoms with E-state index in [0.717, 1.165) is 4.31 Å². The van der Waals surface area contributed by atoms with Crippen molar-refractivity contribution in [1.29, 1.82) is 5.41 Å². The van der Waals surface area contributed by atoms with Crippen LogP contribution in [-0.2, 0) is 10.2 Å². The summed E-state index contributed by atoms with van der Waals surface area (Å²) in [5.41, 5.74) is 5.19. The summed E-state index contributed by atoms with van der Waals surface area (Å²) in [5.74, 6) is -0.361. The molecule has 1 aliphatic rings. The van der Waals surface area contributed by atoms with Crippen molar-refractivity contribution in [2.75, 3.05) is 13.1 Å². The van der Waals surface area contributed by atoms with E-state index in [2.05, 4.69) is 0 Å². The van der Waals surface area contributed by atoms with Crippen LogP contribution in [0.4, 0.5) is 13.2 Å². The molecule has 4 N–H and O–H groups in total. The van der Waals surface area contributed by atoms with E-state index in [0.29, 0.717) is 12.8 Å². The smallest absolute Gasteiger partial charge is 0.386 e. The average molecular weight is 274 g/mol. The second-order valence-electron chi connectivity index (χ2n) is 3.67. The van der Waals surface area contributed by atoms with Crippen molar-refractivity contribution in [2.45, 2.75) is 25.1 Å². The molecule has 1 saturated heterocycles. The first-order valence-electron chi connectivity index (χ1n) is 4.80. The van der Waals surface area contributed by atoms with E-state index in [1.54, 1.807) is 0 Å². The lowest BCUT2D eigenvalue weighted by Crippen LogP contribution is -2.49. The molecule has 17 heavy (non-hydrogen) atoms. The standard InChI is InChI=1S/C7H13F3N4O2S/c8-7(9,10)4-13-17(15,16)14-3-1-2-5(14)6(11)12/h5,13H,1-4H2,(H3,11,12). The van der Waals surface area contributed by atoms with Crippen LogP contribution in [0, 0.1) is 5.41 Å². The quantitative estimate of drug-likeness (QED) is 0.488. The molecule has 1 aliphatic heterocycles. The number of nitrogens with zero attached hydrogens (tertiary/aromatic N) is 1. The zero-order chi connectivity index (χ0) is 13.3. The number of nitrogens with two attached hydrogens (primary N) is 1. The van der Waals surface area contributed by atoms with Gasteiger partial charge in [0.2, 0.25) is 0 Å². The van der Waals surface area contributed by atoms with Gasteiger partial charge in [0.15, 0.2) is 0 Å². The van der Waals surface area contributed by atoms with Gasteiger partial charge in [-0.15, -0.1) is 0 Å². The Kier molecular flexibility index (Phi) is 3.99. The number of amidine groups is 1. The highest BCUT2D eigenvalue weighted by atomic mass is 32.2. The van der Waals surface area contributed by atoms with E-state index in [9.17, 15) is 21.6 Å². The lowest BCUT2D eigenvalue weighted by atomic mass is 10.2. The zero-order valence-electron chi connectivity index (χ0n) is 8.79. The summed E-state index contributed by atoms with van der Waals surface area (Å²) in [4.78, 5) is 0. The van der Waals surface area contributed by atoms with Gasteiger partial charge < -0.3 is 5.73 Å². The van der Waals surface area contributed by atoms with E-state index in [4.69, 9.17) is 11.1 Å². The topological polar surface area (TPSA) is 99.3 Å². The number of alkyl halides is 3. The maximum absolute atomic E-state index is 11.9. The van der Waals surface area contributed by atoms with Crippen molar-refractivity contribution < 1.29 is 21.6 Å². The highest BCUT2D eigenvalue weighted by Crippen LogP contribution is 2.21. The number of nitrogens with one attached hydrogen (secondary N) is 2. The van der Waals surface area contributed by atoms with Crippen LogP contribution < -0.4 is 10.5 Å². The van der Waals surface area contributed by atoms with Gasteiger partial charge in [-0.25, -0.2) is 0 Å². The highest BCUT2D eigenvalue weighted by molar-refractivity contribution is 7.87. The Balaban J connectivity index is 2.73. The van der Waals surface area contributed by atoms with Crippen LogP contribution in [0.25, 0.3) is 0 Å². The number of hydrogen-bond donors (Lipinski definition) is 3. The SMILES string of the molecule is N=C(N)C1CCCN1S(=O)(=O)NCC(F)(F)F.